The van der Waals surface area contributed by atoms with Crippen molar-refractivity contribution in [2.75, 3.05) is 26.2 Å². The molecule has 1 amide bonds. The molecule has 1 aliphatic heterocycles. The number of sulfonamides is 1. The van der Waals surface area contributed by atoms with Crippen LogP contribution in [0.4, 0.5) is 0 Å². The van der Waals surface area contributed by atoms with Crippen molar-refractivity contribution in [1.29, 1.82) is 0 Å². The van der Waals surface area contributed by atoms with Gasteiger partial charge < -0.3 is 9.47 Å². The molecule has 0 saturated carbocycles. The zero-order valence-corrected chi connectivity index (χ0v) is 18.3. The number of hydrogen-bond donors (Lipinski definition) is 0. The standard InChI is InChI=1S/C20H21BrN4O3S/c1-15(25-14-22-18-4-2-3-5-19(18)25)20(26)23-10-12-24(13-11-23)29(27,28)17-8-6-16(21)7-9-17/h2-9,14-15H,10-13H2,1H3. The Morgan fingerprint density at radius 2 is 1.69 bits per heavy atom. The van der Waals surface area contributed by atoms with Gasteiger partial charge >= 0.3 is 0 Å². The number of para-hydroxylation sites is 2. The minimum Gasteiger partial charge on any atom is -0.338 e. The quantitative estimate of drug-likeness (QED) is 0.579. The zero-order chi connectivity index (χ0) is 20.6. The molecular weight excluding hydrogens is 456 g/mol. The second-order valence-corrected chi connectivity index (χ2v) is 9.85. The van der Waals surface area contributed by atoms with Crippen molar-refractivity contribution in [2.45, 2.75) is 17.9 Å². The first kappa shape index (κ1) is 20.1. The van der Waals surface area contributed by atoms with Gasteiger partial charge in [0.05, 0.1) is 22.3 Å². The zero-order valence-electron chi connectivity index (χ0n) is 15.9. The molecule has 1 aliphatic rings. The van der Waals surface area contributed by atoms with Crippen LogP contribution in [0.25, 0.3) is 11.0 Å². The highest BCUT2D eigenvalue weighted by Gasteiger charge is 2.32. The minimum absolute atomic E-state index is 0.0335. The molecule has 1 aromatic heterocycles. The van der Waals surface area contributed by atoms with Crippen molar-refractivity contribution in [2.24, 2.45) is 0 Å². The lowest BCUT2D eigenvalue weighted by atomic mass is 10.2. The number of nitrogens with zero attached hydrogens (tertiary/aromatic N) is 4. The third kappa shape index (κ3) is 3.82. The van der Waals surface area contributed by atoms with E-state index in [1.807, 2.05) is 35.8 Å². The van der Waals surface area contributed by atoms with E-state index in [2.05, 4.69) is 20.9 Å². The summed E-state index contributed by atoms with van der Waals surface area (Å²) in [5.74, 6) is -0.0335. The number of rotatable bonds is 4. The van der Waals surface area contributed by atoms with Gasteiger partial charge in [0.2, 0.25) is 15.9 Å². The number of carbonyl (C=O) groups is 1. The van der Waals surface area contributed by atoms with Crippen LogP contribution in [0.3, 0.4) is 0 Å². The summed E-state index contributed by atoms with van der Waals surface area (Å²) in [5.41, 5.74) is 1.75. The number of amides is 1. The Morgan fingerprint density at radius 1 is 1.03 bits per heavy atom. The normalized spacial score (nSPS) is 16.8. The number of piperazine rings is 1. The topological polar surface area (TPSA) is 75.5 Å². The van der Waals surface area contributed by atoms with E-state index in [4.69, 9.17) is 0 Å². The van der Waals surface area contributed by atoms with Gasteiger partial charge in [0.25, 0.3) is 0 Å². The van der Waals surface area contributed by atoms with Gasteiger partial charge in [-0.15, -0.1) is 0 Å². The largest absolute Gasteiger partial charge is 0.338 e. The van der Waals surface area contributed by atoms with Gasteiger partial charge in [0.15, 0.2) is 0 Å². The molecule has 29 heavy (non-hydrogen) atoms. The van der Waals surface area contributed by atoms with Crippen LogP contribution >= 0.6 is 15.9 Å². The molecule has 0 N–H and O–H groups in total. The Hall–Kier alpha value is -2.23. The van der Waals surface area contributed by atoms with Crippen LogP contribution in [0.15, 0.2) is 64.2 Å². The van der Waals surface area contributed by atoms with Gasteiger partial charge in [-0.25, -0.2) is 13.4 Å². The van der Waals surface area contributed by atoms with Crippen molar-refractivity contribution in [3.05, 3.63) is 59.3 Å². The molecule has 1 unspecified atom stereocenters. The fourth-order valence-corrected chi connectivity index (χ4v) is 5.26. The van der Waals surface area contributed by atoms with E-state index in [1.54, 1.807) is 35.5 Å². The molecule has 4 rings (SSSR count). The highest BCUT2D eigenvalue weighted by molar-refractivity contribution is 9.10. The second kappa shape index (κ2) is 7.89. The molecule has 1 atom stereocenters. The number of halogens is 1. The van der Waals surface area contributed by atoms with Gasteiger partial charge in [-0.1, -0.05) is 28.1 Å². The molecule has 0 bridgehead atoms. The van der Waals surface area contributed by atoms with E-state index in [1.165, 1.54) is 4.31 Å². The van der Waals surface area contributed by atoms with Crippen molar-refractivity contribution in [1.82, 2.24) is 18.8 Å². The van der Waals surface area contributed by atoms with Crippen LogP contribution < -0.4 is 0 Å². The number of aromatic nitrogens is 2. The summed E-state index contributed by atoms with van der Waals surface area (Å²) in [6.07, 6.45) is 1.68. The SMILES string of the molecule is CC(C(=O)N1CCN(S(=O)(=O)c2ccc(Br)cc2)CC1)n1cnc2ccccc21. The maximum absolute atomic E-state index is 13.0. The molecule has 0 radical (unpaired) electrons. The van der Waals surface area contributed by atoms with Crippen LogP contribution in [0.2, 0.25) is 0 Å². The summed E-state index contributed by atoms with van der Waals surface area (Å²) in [7, 11) is -3.56. The smallest absolute Gasteiger partial charge is 0.245 e. The van der Waals surface area contributed by atoms with Crippen molar-refractivity contribution in [3.63, 3.8) is 0 Å². The molecule has 1 saturated heterocycles. The molecular formula is C20H21BrN4O3S. The van der Waals surface area contributed by atoms with E-state index in [-0.39, 0.29) is 23.9 Å². The van der Waals surface area contributed by atoms with Crippen LogP contribution in [0, 0.1) is 0 Å². The lowest BCUT2D eigenvalue weighted by Crippen LogP contribution is -2.51. The minimum atomic E-state index is -3.56. The average molecular weight is 477 g/mol. The van der Waals surface area contributed by atoms with Crippen LogP contribution in [-0.4, -0.2) is 59.3 Å². The fraction of sp³-hybridized carbons (Fsp3) is 0.300. The molecule has 0 aliphatic carbocycles. The summed E-state index contributed by atoms with van der Waals surface area (Å²) >= 11 is 3.32. The number of hydrogen-bond acceptors (Lipinski definition) is 4. The Bertz CT molecular complexity index is 1140. The van der Waals surface area contributed by atoms with E-state index >= 15 is 0 Å². The summed E-state index contributed by atoms with van der Waals surface area (Å²) in [6.45, 7) is 3.14. The lowest BCUT2D eigenvalue weighted by Gasteiger charge is -2.35. The monoisotopic (exact) mass is 476 g/mol. The molecule has 1 fully saturated rings. The molecule has 152 valence electrons. The van der Waals surface area contributed by atoms with Crippen molar-refractivity contribution < 1.29 is 13.2 Å². The van der Waals surface area contributed by atoms with Crippen molar-refractivity contribution >= 4 is 42.9 Å². The second-order valence-electron chi connectivity index (χ2n) is 7.00. The van der Waals surface area contributed by atoms with E-state index in [9.17, 15) is 13.2 Å². The van der Waals surface area contributed by atoms with Gasteiger partial charge in [0, 0.05) is 30.7 Å². The molecule has 2 aromatic carbocycles. The van der Waals surface area contributed by atoms with E-state index in [0.29, 0.717) is 13.1 Å². The van der Waals surface area contributed by atoms with Gasteiger partial charge in [-0.05, 0) is 43.3 Å². The van der Waals surface area contributed by atoms with Crippen LogP contribution in [0.5, 0.6) is 0 Å². The maximum atomic E-state index is 13.0. The summed E-state index contributed by atoms with van der Waals surface area (Å²) < 4.78 is 29.8. The summed E-state index contributed by atoms with van der Waals surface area (Å²) in [5, 5.41) is 0. The molecule has 7 nitrogen and oxygen atoms in total. The highest BCUT2D eigenvalue weighted by Crippen LogP contribution is 2.22. The maximum Gasteiger partial charge on any atom is 0.245 e. The number of fused-ring (bicyclic) bond motifs is 1. The lowest BCUT2D eigenvalue weighted by molar-refractivity contribution is -0.135. The third-order valence-corrected chi connectivity index (χ3v) is 7.70. The first-order valence-electron chi connectivity index (χ1n) is 9.34. The number of benzene rings is 2. The molecule has 3 aromatic rings. The fourth-order valence-electron chi connectivity index (χ4n) is 3.57. The van der Waals surface area contributed by atoms with E-state index in [0.717, 1.165) is 15.5 Å². The predicted octanol–water partition coefficient (Wildman–Crippen LogP) is 2.89. The molecule has 9 heteroatoms. The molecule has 2 heterocycles. The van der Waals surface area contributed by atoms with Crippen LogP contribution in [0.1, 0.15) is 13.0 Å². The Morgan fingerprint density at radius 3 is 2.38 bits per heavy atom. The van der Waals surface area contributed by atoms with Gasteiger partial charge in [-0.3, -0.25) is 4.79 Å². The van der Waals surface area contributed by atoms with Gasteiger partial charge in [-0.2, -0.15) is 4.31 Å². The van der Waals surface area contributed by atoms with Gasteiger partial charge in [0.1, 0.15) is 6.04 Å². The van der Waals surface area contributed by atoms with Crippen LogP contribution in [-0.2, 0) is 14.8 Å². The number of carbonyl (C=O) groups excluding carboxylic acids is 1. The Kier molecular flexibility index (Phi) is 5.46. The Labute approximate surface area is 178 Å². The predicted molar refractivity (Wildman–Crippen MR) is 114 cm³/mol. The third-order valence-electron chi connectivity index (χ3n) is 5.26. The molecule has 0 spiro atoms. The number of imidazole rings is 1. The summed E-state index contributed by atoms with van der Waals surface area (Å²) in [6, 6.07) is 13.9. The first-order valence-corrected chi connectivity index (χ1v) is 11.6. The first-order chi connectivity index (χ1) is 13.9. The van der Waals surface area contributed by atoms with Crippen molar-refractivity contribution in [3.8, 4) is 0 Å². The summed E-state index contributed by atoms with van der Waals surface area (Å²) in [4.78, 5) is 19.4. The average Bonchev–Trinajstić information content (AvgIpc) is 3.17. The Balaban J connectivity index is 1.45. The highest BCUT2D eigenvalue weighted by atomic mass is 79.9. The van der Waals surface area contributed by atoms with E-state index < -0.39 is 16.1 Å².